The van der Waals surface area contributed by atoms with Gasteiger partial charge in [-0.2, -0.15) is 0 Å². The molecule has 0 aliphatic heterocycles. The Morgan fingerprint density at radius 2 is 2.36 bits per heavy atom. The Balaban J connectivity index is 2.02. The lowest BCUT2D eigenvalue weighted by molar-refractivity contribution is 0.420. The van der Waals surface area contributed by atoms with Crippen LogP contribution in [0.5, 0.6) is 0 Å². The largest absolute Gasteiger partial charge is 0.0808 e. The lowest BCUT2D eigenvalue weighted by atomic mass is 9.90. The molecule has 0 heteroatoms. The van der Waals surface area contributed by atoms with Gasteiger partial charge in [-0.15, -0.1) is 0 Å². The van der Waals surface area contributed by atoms with Crippen molar-refractivity contribution in [2.75, 3.05) is 0 Å². The highest BCUT2D eigenvalue weighted by Gasteiger charge is 2.08. The molecule has 1 aliphatic carbocycles. The molecule has 0 spiro atoms. The van der Waals surface area contributed by atoms with Crippen LogP contribution >= 0.6 is 0 Å². The minimum absolute atomic E-state index is 0.989. The van der Waals surface area contributed by atoms with Crippen LogP contribution in [0.3, 0.4) is 0 Å². The quantitative estimate of drug-likeness (QED) is 0.537. The average molecular weight is 151 g/mol. The summed E-state index contributed by atoms with van der Waals surface area (Å²) in [5.74, 6) is 0.989. The zero-order valence-corrected chi connectivity index (χ0v) is 7.60. The smallest absolute Gasteiger partial charge is 0.0277 e. The first-order valence-corrected chi connectivity index (χ1v) is 4.98. The second-order valence-corrected chi connectivity index (χ2v) is 3.54. The summed E-state index contributed by atoms with van der Waals surface area (Å²) in [6.07, 6.45) is 15.1. The Kier molecular flexibility index (Phi) is 4.33. The number of allylic oxidation sites excluding steroid dienone is 2. The Bertz CT molecular complexity index is 113. The molecule has 0 nitrogen and oxygen atoms in total. The highest BCUT2D eigenvalue weighted by molar-refractivity contribution is 4.83. The molecule has 0 N–H and O–H groups in total. The minimum Gasteiger partial charge on any atom is -0.0808 e. The van der Waals surface area contributed by atoms with Crippen molar-refractivity contribution in [3.8, 4) is 0 Å². The zero-order chi connectivity index (χ0) is 7.94. The summed E-state index contributed by atoms with van der Waals surface area (Å²) in [6, 6.07) is 0. The van der Waals surface area contributed by atoms with Crippen LogP contribution in [0.25, 0.3) is 0 Å². The molecule has 0 heterocycles. The zero-order valence-electron chi connectivity index (χ0n) is 7.60. The van der Waals surface area contributed by atoms with Gasteiger partial charge in [-0.05, 0) is 31.3 Å². The van der Waals surface area contributed by atoms with E-state index in [2.05, 4.69) is 19.1 Å². The molecule has 1 unspecified atom stereocenters. The maximum atomic E-state index is 3.28. The molecule has 1 rings (SSSR count). The topological polar surface area (TPSA) is 0 Å². The third kappa shape index (κ3) is 3.60. The summed E-state index contributed by atoms with van der Waals surface area (Å²) < 4.78 is 0. The van der Waals surface area contributed by atoms with Crippen LogP contribution in [0.2, 0.25) is 0 Å². The summed E-state index contributed by atoms with van der Waals surface area (Å²) in [6.45, 7) is 2.27. The van der Waals surface area contributed by atoms with Crippen molar-refractivity contribution in [2.24, 2.45) is 5.92 Å². The molecule has 1 radical (unpaired) electrons. The molecule has 0 aromatic carbocycles. The van der Waals surface area contributed by atoms with Crippen LogP contribution in [0.4, 0.5) is 0 Å². The van der Waals surface area contributed by atoms with Gasteiger partial charge in [0, 0.05) is 0 Å². The molecule has 0 aromatic heterocycles. The fraction of sp³-hybridized carbons (Fsp3) is 0.818. The van der Waals surface area contributed by atoms with E-state index in [1.54, 1.807) is 0 Å². The SMILES string of the molecule is CCCCCC1CC=[C]CC1. The molecule has 1 atom stereocenters. The van der Waals surface area contributed by atoms with E-state index in [1.807, 2.05) is 0 Å². The van der Waals surface area contributed by atoms with Crippen molar-refractivity contribution >= 4 is 0 Å². The molecular weight excluding hydrogens is 132 g/mol. The summed E-state index contributed by atoms with van der Waals surface area (Å²) >= 11 is 0. The van der Waals surface area contributed by atoms with Gasteiger partial charge in [-0.25, -0.2) is 0 Å². The van der Waals surface area contributed by atoms with Gasteiger partial charge in [0.15, 0.2) is 0 Å². The van der Waals surface area contributed by atoms with Crippen LogP contribution in [-0.4, -0.2) is 0 Å². The van der Waals surface area contributed by atoms with E-state index in [9.17, 15) is 0 Å². The van der Waals surface area contributed by atoms with Crippen molar-refractivity contribution in [3.05, 3.63) is 12.2 Å². The first kappa shape index (κ1) is 8.83. The number of rotatable bonds is 4. The molecule has 0 amide bonds. The predicted octanol–water partition coefficient (Wildman–Crippen LogP) is 3.73. The van der Waals surface area contributed by atoms with E-state index in [0.717, 1.165) is 5.92 Å². The first-order valence-electron chi connectivity index (χ1n) is 4.98. The summed E-state index contributed by atoms with van der Waals surface area (Å²) in [7, 11) is 0. The van der Waals surface area contributed by atoms with Gasteiger partial charge in [0.05, 0.1) is 0 Å². The van der Waals surface area contributed by atoms with E-state index >= 15 is 0 Å². The summed E-state index contributed by atoms with van der Waals surface area (Å²) in [5, 5.41) is 0. The third-order valence-corrected chi connectivity index (χ3v) is 2.51. The van der Waals surface area contributed by atoms with Gasteiger partial charge in [-0.1, -0.05) is 38.7 Å². The van der Waals surface area contributed by atoms with E-state index < -0.39 is 0 Å². The van der Waals surface area contributed by atoms with Crippen molar-refractivity contribution in [3.63, 3.8) is 0 Å². The Morgan fingerprint density at radius 3 is 3.00 bits per heavy atom. The van der Waals surface area contributed by atoms with Crippen molar-refractivity contribution in [1.29, 1.82) is 0 Å². The molecular formula is C11H19. The Morgan fingerprint density at radius 1 is 1.45 bits per heavy atom. The van der Waals surface area contributed by atoms with Crippen LogP contribution < -0.4 is 0 Å². The minimum atomic E-state index is 0.989. The first-order chi connectivity index (χ1) is 5.43. The average Bonchev–Trinajstić information content (AvgIpc) is 2.07. The third-order valence-electron chi connectivity index (χ3n) is 2.51. The molecule has 0 fully saturated rings. The van der Waals surface area contributed by atoms with Crippen LogP contribution in [-0.2, 0) is 0 Å². The van der Waals surface area contributed by atoms with Gasteiger partial charge in [0.25, 0.3) is 0 Å². The summed E-state index contributed by atoms with van der Waals surface area (Å²) in [5.41, 5.74) is 0. The number of unbranched alkanes of at least 4 members (excludes halogenated alkanes) is 2. The predicted molar refractivity (Wildman–Crippen MR) is 49.3 cm³/mol. The van der Waals surface area contributed by atoms with Crippen LogP contribution in [0.1, 0.15) is 51.9 Å². The van der Waals surface area contributed by atoms with Crippen molar-refractivity contribution in [1.82, 2.24) is 0 Å². The van der Waals surface area contributed by atoms with Gasteiger partial charge < -0.3 is 0 Å². The Hall–Kier alpha value is -0.260. The lowest BCUT2D eigenvalue weighted by Gasteiger charge is -2.16. The Labute approximate surface area is 70.7 Å². The van der Waals surface area contributed by atoms with Gasteiger partial charge in [0.2, 0.25) is 0 Å². The molecule has 0 bridgehead atoms. The second-order valence-electron chi connectivity index (χ2n) is 3.54. The van der Waals surface area contributed by atoms with Gasteiger partial charge in [0.1, 0.15) is 0 Å². The van der Waals surface area contributed by atoms with Crippen LogP contribution in [0, 0.1) is 12.0 Å². The van der Waals surface area contributed by atoms with Crippen molar-refractivity contribution in [2.45, 2.75) is 51.9 Å². The van der Waals surface area contributed by atoms with Gasteiger partial charge in [-0.3, -0.25) is 0 Å². The fourth-order valence-electron chi connectivity index (χ4n) is 1.70. The second kappa shape index (κ2) is 5.40. The number of hydrogen-bond donors (Lipinski definition) is 0. The summed E-state index contributed by atoms with van der Waals surface area (Å²) in [4.78, 5) is 0. The van der Waals surface area contributed by atoms with E-state index in [-0.39, 0.29) is 0 Å². The van der Waals surface area contributed by atoms with E-state index in [4.69, 9.17) is 0 Å². The molecule has 0 aromatic rings. The van der Waals surface area contributed by atoms with Crippen LogP contribution in [0.15, 0.2) is 6.08 Å². The monoisotopic (exact) mass is 151 g/mol. The fourth-order valence-corrected chi connectivity index (χ4v) is 1.70. The van der Waals surface area contributed by atoms with Crippen molar-refractivity contribution < 1.29 is 0 Å². The normalized spacial score (nSPS) is 23.9. The maximum Gasteiger partial charge on any atom is -0.0277 e. The molecule has 0 saturated heterocycles. The molecule has 0 saturated carbocycles. The standard InChI is InChI=1S/C11H19/c1-2-3-5-8-11-9-6-4-7-10-11/h6,11H,2-3,5,7-10H2,1H3. The molecule has 1 aliphatic rings. The van der Waals surface area contributed by atoms with Gasteiger partial charge >= 0.3 is 0 Å². The lowest BCUT2D eigenvalue weighted by Crippen LogP contribution is -2.02. The molecule has 11 heavy (non-hydrogen) atoms. The maximum absolute atomic E-state index is 3.28. The number of hydrogen-bond acceptors (Lipinski definition) is 0. The highest BCUT2D eigenvalue weighted by atomic mass is 14.1. The highest BCUT2D eigenvalue weighted by Crippen LogP contribution is 2.23. The van der Waals surface area contributed by atoms with E-state index in [1.165, 1.54) is 44.9 Å². The molecule has 63 valence electrons. The van der Waals surface area contributed by atoms with E-state index in [0.29, 0.717) is 0 Å².